The zero-order chi connectivity index (χ0) is 18.0. The van der Waals surface area contributed by atoms with Crippen LogP contribution in [0.5, 0.6) is 0 Å². The minimum Gasteiger partial charge on any atom is -0.456 e. The highest BCUT2D eigenvalue weighted by atomic mass is 16.4. The number of furan rings is 1. The van der Waals surface area contributed by atoms with E-state index in [2.05, 4.69) is 15.5 Å². The lowest BCUT2D eigenvalue weighted by molar-refractivity contribution is 0.0888. The van der Waals surface area contributed by atoms with Crippen molar-refractivity contribution in [2.24, 2.45) is 13.0 Å². The Kier molecular flexibility index (Phi) is 5.22. The van der Waals surface area contributed by atoms with E-state index in [0.717, 1.165) is 36.4 Å². The maximum absolute atomic E-state index is 12.4. The van der Waals surface area contributed by atoms with Gasteiger partial charge in [-0.2, -0.15) is 0 Å². The lowest BCUT2D eigenvalue weighted by Crippen LogP contribution is -2.32. The van der Waals surface area contributed by atoms with Crippen molar-refractivity contribution >= 4 is 5.91 Å². The van der Waals surface area contributed by atoms with Crippen LogP contribution in [0.1, 0.15) is 60.3 Å². The monoisotopic (exact) mass is 346 g/mol. The molecule has 7 nitrogen and oxygen atoms in total. The topological polar surface area (TPSA) is 93.2 Å². The van der Waals surface area contributed by atoms with Crippen LogP contribution in [0.4, 0.5) is 0 Å². The zero-order valence-corrected chi connectivity index (χ0v) is 15.0. The minimum atomic E-state index is -0.448. The van der Waals surface area contributed by atoms with Crippen molar-refractivity contribution in [1.82, 2.24) is 20.1 Å². The van der Waals surface area contributed by atoms with Gasteiger partial charge >= 0.3 is 0 Å². The van der Waals surface area contributed by atoms with Gasteiger partial charge in [-0.25, -0.2) is 0 Å². The summed E-state index contributed by atoms with van der Waals surface area (Å²) in [6.07, 6.45) is 4.28. The number of amides is 1. The number of aliphatic hydroxyl groups is 1. The first-order chi connectivity index (χ1) is 12.0. The molecule has 1 amide bonds. The fourth-order valence-electron chi connectivity index (χ4n) is 3.68. The molecule has 25 heavy (non-hydrogen) atoms. The number of carbonyl (C=O) groups excluding carboxylic acids is 1. The highest BCUT2D eigenvalue weighted by molar-refractivity contribution is 5.91. The lowest BCUT2D eigenvalue weighted by atomic mass is 10.0. The Balaban J connectivity index is 1.59. The predicted molar refractivity (Wildman–Crippen MR) is 92.3 cm³/mol. The Morgan fingerprint density at radius 1 is 1.40 bits per heavy atom. The maximum Gasteiger partial charge on any atom is 0.287 e. The van der Waals surface area contributed by atoms with E-state index in [9.17, 15) is 9.90 Å². The first-order valence-corrected chi connectivity index (χ1v) is 8.95. The molecule has 2 aromatic rings. The Morgan fingerprint density at radius 2 is 2.20 bits per heavy atom. The maximum atomic E-state index is 12.4. The molecule has 0 aromatic carbocycles. The molecule has 0 bridgehead atoms. The first kappa shape index (κ1) is 17.7. The molecule has 0 spiro atoms. The summed E-state index contributed by atoms with van der Waals surface area (Å²) in [5, 5.41) is 21.3. The molecular weight excluding hydrogens is 320 g/mol. The summed E-state index contributed by atoms with van der Waals surface area (Å²) in [7, 11) is 1.91. The molecule has 7 heteroatoms. The summed E-state index contributed by atoms with van der Waals surface area (Å²) >= 11 is 0. The van der Waals surface area contributed by atoms with Crippen LogP contribution in [-0.2, 0) is 19.9 Å². The van der Waals surface area contributed by atoms with E-state index >= 15 is 0 Å². The molecule has 1 aliphatic rings. The standard InChI is InChI=1S/C18H26N4O3/c1-4-11-8-16(25-15(11)5-2)18(24)19-9-13-6-12(7-14(13)23)17-21-20-10-22(17)3/h8,10,12-14,23H,4-7,9H2,1-3H3,(H,19,24)/t12-,13+,14+/m0/s1. The van der Waals surface area contributed by atoms with Crippen LogP contribution in [0, 0.1) is 5.92 Å². The first-order valence-electron chi connectivity index (χ1n) is 8.95. The van der Waals surface area contributed by atoms with E-state index in [1.807, 2.05) is 31.5 Å². The smallest absolute Gasteiger partial charge is 0.287 e. The van der Waals surface area contributed by atoms with Crippen molar-refractivity contribution < 1.29 is 14.3 Å². The summed E-state index contributed by atoms with van der Waals surface area (Å²) in [6, 6.07) is 1.82. The number of carbonyl (C=O) groups is 1. The Labute approximate surface area is 147 Å². The molecular formula is C18H26N4O3. The van der Waals surface area contributed by atoms with E-state index in [4.69, 9.17) is 4.42 Å². The summed E-state index contributed by atoms with van der Waals surface area (Å²) < 4.78 is 7.55. The number of hydrogen-bond acceptors (Lipinski definition) is 5. The molecule has 0 radical (unpaired) electrons. The van der Waals surface area contributed by atoms with Crippen molar-refractivity contribution in [3.63, 3.8) is 0 Å². The van der Waals surface area contributed by atoms with Gasteiger partial charge in [0.25, 0.3) is 5.91 Å². The fraction of sp³-hybridized carbons (Fsp3) is 0.611. The van der Waals surface area contributed by atoms with Gasteiger partial charge < -0.3 is 19.4 Å². The molecule has 1 aliphatic carbocycles. The predicted octanol–water partition coefficient (Wildman–Crippen LogP) is 1.82. The van der Waals surface area contributed by atoms with Crippen molar-refractivity contribution in [1.29, 1.82) is 0 Å². The third-order valence-corrected chi connectivity index (χ3v) is 5.12. The van der Waals surface area contributed by atoms with Gasteiger partial charge in [-0.3, -0.25) is 4.79 Å². The van der Waals surface area contributed by atoms with Crippen LogP contribution in [0.2, 0.25) is 0 Å². The zero-order valence-electron chi connectivity index (χ0n) is 15.0. The molecule has 3 rings (SSSR count). The van der Waals surface area contributed by atoms with Crippen LogP contribution in [-0.4, -0.2) is 38.4 Å². The SMILES string of the molecule is CCc1cc(C(=O)NC[C@H]2C[C@H](c3nncn3C)C[C@H]2O)oc1CC. The van der Waals surface area contributed by atoms with E-state index in [1.165, 1.54) is 0 Å². The second kappa shape index (κ2) is 7.39. The summed E-state index contributed by atoms with van der Waals surface area (Å²) in [5.41, 5.74) is 1.08. The van der Waals surface area contributed by atoms with Gasteiger partial charge in [-0.1, -0.05) is 13.8 Å². The molecule has 2 heterocycles. The average molecular weight is 346 g/mol. The molecule has 1 fully saturated rings. The van der Waals surface area contributed by atoms with Crippen molar-refractivity contribution in [2.75, 3.05) is 6.54 Å². The Bertz CT molecular complexity index is 715. The third-order valence-electron chi connectivity index (χ3n) is 5.12. The summed E-state index contributed by atoms with van der Waals surface area (Å²) in [4.78, 5) is 12.4. The summed E-state index contributed by atoms with van der Waals surface area (Å²) in [6.45, 7) is 4.49. The van der Waals surface area contributed by atoms with E-state index in [1.54, 1.807) is 6.33 Å². The van der Waals surface area contributed by atoms with E-state index in [-0.39, 0.29) is 17.7 Å². The summed E-state index contributed by atoms with van der Waals surface area (Å²) in [5.74, 6) is 2.08. The van der Waals surface area contributed by atoms with Gasteiger partial charge in [0.1, 0.15) is 17.9 Å². The Morgan fingerprint density at radius 3 is 2.80 bits per heavy atom. The van der Waals surface area contributed by atoms with E-state index in [0.29, 0.717) is 18.7 Å². The number of aliphatic hydroxyl groups excluding tert-OH is 1. The van der Waals surface area contributed by atoms with Gasteiger partial charge in [-0.15, -0.1) is 10.2 Å². The largest absolute Gasteiger partial charge is 0.456 e. The van der Waals surface area contributed by atoms with Crippen molar-refractivity contribution in [3.8, 4) is 0 Å². The van der Waals surface area contributed by atoms with Crippen LogP contribution in [0.15, 0.2) is 16.8 Å². The molecule has 136 valence electrons. The average Bonchev–Trinajstić information content (AvgIpc) is 3.30. The van der Waals surface area contributed by atoms with Gasteiger partial charge in [0.2, 0.25) is 0 Å². The van der Waals surface area contributed by atoms with Crippen molar-refractivity contribution in [2.45, 2.75) is 51.6 Å². The lowest BCUT2D eigenvalue weighted by Gasteiger charge is -2.14. The molecule has 0 unspecified atom stereocenters. The van der Waals surface area contributed by atoms with Crippen LogP contribution in [0.3, 0.4) is 0 Å². The number of aromatic nitrogens is 3. The number of rotatable bonds is 6. The van der Waals surface area contributed by atoms with Crippen molar-refractivity contribution in [3.05, 3.63) is 35.3 Å². The highest BCUT2D eigenvalue weighted by Crippen LogP contribution is 2.37. The Hall–Kier alpha value is -2.15. The number of nitrogens with one attached hydrogen (secondary N) is 1. The number of aryl methyl sites for hydroxylation is 3. The second-order valence-corrected chi connectivity index (χ2v) is 6.77. The normalized spacial score (nSPS) is 23.1. The molecule has 3 atom stereocenters. The van der Waals surface area contributed by atoms with E-state index < -0.39 is 6.10 Å². The second-order valence-electron chi connectivity index (χ2n) is 6.77. The van der Waals surface area contributed by atoms with Crippen LogP contribution >= 0.6 is 0 Å². The molecule has 2 aromatic heterocycles. The molecule has 0 aliphatic heterocycles. The molecule has 2 N–H and O–H groups in total. The molecule has 1 saturated carbocycles. The fourth-order valence-corrected chi connectivity index (χ4v) is 3.68. The number of hydrogen-bond donors (Lipinski definition) is 2. The molecule has 0 saturated heterocycles. The minimum absolute atomic E-state index is 0.0110. The highest BCUT2D eigenvalue weighted by Gasteiger charge is 2.36. The van der Waals surface area contributed by atoms with Gasteiger partial charge in [0.15, 0.2) is 5.76 Å². The van der Waals surface area contributed by atoms with Crippen LogP contribution in [0.25, 0.3) is 0 Å². The van der Waals surface area contributed by atoms with Gasteiger partial charge in [0.05, 0.1) is 6.10 Å². The number of nitrogens with zero attached hydrogens (tertiary/aromatic N) is 3. The van der Waals surface area contributed by atoms with Gasteiger partial charge in [0, 0.05) is 31.8 Å². The van der Waals surface area contributed by atoms with Crippen LogP contribution < -0.4 is 5.32 Å². The third kappa shape index (κ3) is 3.61. The quantitative estimate of drug-likeness (QED) is 0.832. The van der Waals surface area contributed by atoms with Gasteiger partial charge in [-0.05, 0) is 30.9 Å².